The van der Waals surface area contributed by atoms with Crippen LogP contribution in [-0.2, 0) is 0 Å². The van der Waals surface area contributed by atoms with Crippen molar-refractivity contribution in [2.45, 2.75) is 18.9 Å². The van der Waals surface area contributed by atoms with Gasteiger partial charge < -0.3 is 20.1 Å². The van der Waals surface area contributed by atoms with Crippen molar-refractivity contribution in [2.75, 3.05) is 27.3 Å². The molecule has 0 saturated carbocycles. The van der Waals surface area contributed by atoms with Crippen molar-refractivity contribution in [2.24, 2.45) is 5.73 Å². The number of likely N-dealkylation sites (N-methyl/N-ethyl adjacent to an activating group) is 1. The minimum absolute atomic E-state index is 0.418. The van der Waals surface area contributed by atoms with Gasteiger partial charge in [0.2, 0.25) is 5.91 Å². The van der Waals surface area contributed by atoms with E-state index in [1.165, 1.54) is 6.42 Å². The van der Waals surface area contributed by atoms with Crippen molar-refractivity contribution in [1.29, 1.82) is 0 Å². The van der Waals surface area contributed by atoms with Gasteiger partial charge in [-0.3, -0.25) is 4.79 Å². The van der Waals surface area contributed by atoms with Crippen LogP contribution in [0.5, 0.6) is 11.5 Å². The van der Waals surface area contributed by atoms with Crippen LogP contribution in [0.25, 0.3) is 0 Å². The highest BCUT2D eigenvalue weighted by Crippen LogP contribution is 2.29. The maximum Gasteiger partial charge on any atom is 0.248 e. The molecule has 1 aromatic carbocycles. The van der Waals surface area contributed by atoms with Gasteiger partial charge in [0.1, 0.15) is 6.61 Å². The lowest BCUT2D eigenvalue weighted by atomic mass is 10.2. The molecular weight excluding hydrogens is 244 g/mol. The van der Waals surface area contributed by atoms with E-state index in [9.17, 15) is 4.79 Å². The quantitative estimate of drug-likeness (QED) is 0.869. The van der Waals surface area contributed by atoms with E-state index < -0.39 is 5.91 Å². The molecule has 0 aromatic heterocycles. The van der Waals surface area contributed by atoms with Crippen LogP contribution in [0.4, 0.5) is 0 Å². The SMILES string of the molecule is COc1ccc(C(N)=O)cc1OCC1CCCN1C. The van der Waals surface area contributed by atoms with E-state index in [1.807, 2.05) is 0 Å². The fourth-order valence-electron chi connectivity index (χ4n) is 2.32. The fourth-order valence-corrected chi connectivity index (χ4v) is 2.32. The summed E-state index contributed by atoms with van der Waals surface area (Å²) in [6, 6.07) is 5.39. The molecule has 1 unspecified atom stereocenters. The Bertz CT molecular complexity index is 462. The third-order valence-electron chi connectivity index (χ3n) is 3.55. The number of carbonyl (C=O) groups excluding carboxylic acids is 1. The van der Waals surface area contributed by atoms with E-state index in [-0.39, 0.29) is 0 Å². The van der Waals surface area contributed by atoms with Crippen LogP contribution < -0.4 is 15.2 Å². The van der Waals surface area contributed by atoms with Crippen LogP contribution in [0.1, 0.15) is 23.2 Å². The maximum atomic E-state index is 11.2. The number of nitrogens with zero attached hydrogens (tertiary/aromatic N) is 1. The van der Waals surface area contributed by atoms with E-state index >= 15 is 0 Å². The molecule has 0 spiro atoms. The molecule has 19 heavy (non-hydrogen) atoms. The van der Waals surface area contributed by atoms with E-state index in [4.69, 9.17) is 15.2 Å². The Labute approximate surface area is 113 Å². The molecular formula is C14H20N2O3. The van der Waals surface area contributed by atoms with E-state index in [0.717, 1.165) is 13.0 Å². The summed E-state index contributed by atoms with van der Waals surface area (Å²) in [6.07, 6.45) is 2.33. The maximum absolute atomic E-state index is 11.2. The first kappa shape index (κ1) is 13.7. The molecule has 1 fully saturated rings. The van der Waals surface area contributed by atoms with Crippen LogP contribution in [0.15, 0.2) is 18.2 Å². The average Bonchev–Trinajstić information content (AvgIpc) is 2.81. The molecule has 0 radical (unpaired) electrons. The lowest BCUT2D eigenvalue weighted by molar-refractivity contribution is 0.0999. The molecule has 0 bridgehead atoms. The monoisotopic (exact) mass is 264 g/mol. The molecule has 1 atom stereocenters. The number of hydrogen-bond donors (Lipinski definition) is 1. The van der Waals surface area contributed by atoms with Gasteiger partial charge in [0.25, 0.3) is 0 Å². The molecule has 104 valence electrons. The second-order valence-corrected chi connectivity index (χ2v) is 4.82. The summed E-state index contributed by atoms with van der Waals surface area (Å²) in [5, 5.41) is 0. The van der Waals surface area contributed by atoms with Crippen LogP contribution in [-0.4, -0.2) is 44.2 Å². The summed E-state index contributed by atoms with van der Waals surface area (Å²) in [5.74, 6) is 0.718. The highest BCUT2D eigenvalue weighted by molar-refractivity contribution is 5.93. The van der Waals surface area contributed by atoms with E-state index in [2.05, 4.69) is 11.9 Å². The highest BCUT2D eigenvalue weighted by Gasteiger charge is 2.22. The van der Waals surface area contributed by atoms with Crippen LogP contribution in [0, 0.1) is 0 Å². The van der Waals surface area contributed by atoms with Gasteiger partial charge in [-0.25, -0.2) is 0 Å². The first-order valence-corrected chi connectivity index (χ1v) is 6.42. The van der Waals surface area contributed by atoms with Gasteiger partial charge in [-0.15, -0.1) is 0 Å². The molecule has 5 heteroatoms. The second-order valence-electron chi connectivity index (χ2n) is 4.82. The summed E-state index contributed by atoms with van der Waals surface area (Å²) in [6.45, 7) is 1.70. The van der Waals surface area contributed by atoms with E-state index in [1.54, 1.807) is 25.3 Å². The Kier molecular flexibility index (Phi) is 4.27. The summed E-state index contributed by atoms with van der Waals surface area (Å²) in [7, 11) is 3.67. The standard InChI is InChI=1S/C14H20N2O3/c1-16-7-3-4-11(16)9-19-13-8-10(14(15)17)5-6-12(13)18-2/h5-6,8,11H,3-4,7,9H2,1-2H3,(H2,15,17). The predicted octanol–water partition coefficient (Wildman–Crippen LogP) is 1.27. The number of primary amides is 1. The first-order chi connectivity index (χ1) is 9.11. The lowest BCUT2D eigenvalue weighted by Gasteiger charge is -2.20. The number of hydrogen-bond acceptors (Lipinski definition) is 4. The normalized spacial score (nSPS) is 19.4. The van der Waals surface area contributed by atoms with Gasteiger partial charge in [-0.05, 0) is 44.6 Å². The predicted molar refractivity (Wildman–Crippen MR) is 72.7 cm³/mol. The molecule has 1 heterocycles. The zero-order chi connectivity index (χ0) is 13.8. The van der Waals surface area contributed by atoms with Crippen molar-refractivity contribution in [3.05, 3.63) is 23.8 Å². The Morgan fingerprint density at radius 3 is 2.84 bits per heavy atom. The molecule has 1 aromatic rings. The second kappa shape index (κ2) is 5.93. The van der Waals surface area contributed by atoms with Gasteiger partial charge >= 0.3 is 0 Å². The first-order valence-electron chi connectivity index (χ1n) is 6.42. The Morgan fingerprint density at radius 2 is 2.26 bits per heavy atom. The highest BCUT2D eigenvalue weighted by atomic mass is 16.5. The Balaban J connectivity index is 2.09. The van der Waals surface area contributed by atoms with Gasteiger partial charge in [0, 0.05) is 11.6 Å². The third kappa shape index (κ3) is 3.17. The lowest BCUT2D eigenvalue weighted by Crippen LogP contribution is -2.30. The van der Waals surface area contributed by atoms with Crippen LogP contribution >= 0.6 is 0 Å². The topological polar surface area (TPSA) is 64.8 Å². The van der Waals surface area contributed by atoms with Crippen molar-refractivity contribution >= 4 is 5.91 Å². The minimum atomic E-state index is -0.467. The number of methoxy groups -OCH3 is 1. The number of rotatable bonds is 5. The van der Waals surface area contributed by atoms with Crippen molar-refractivity contribution in [3.63, 3.8) is 0 Å². The number of carbonyl (C=O) groups is 1. The van der Waals surface area contributed by atoms with Crippen molar-refractivity contribution in [3.8, 4) is 11.5 Å². The number of likely N-dealkylation sites (tertiary alicyclic amines) is 1. The summed E-state index contributed by atoms with van der Waals surface area (Å²) >= 11 is 0. The average molecular weight is 264 g/mol. The molecule has 2 rings (SSSR count). The molecule has 1 saturated heterocycles. The zero-order valence-corrected chi connectivity index (χ0v) is 11.4. The zero-order valence-electron chi connectivity index (χ0n) is 11.4. The van der Waals surface area contributed by atoms with Crippen LogP contribution in [0.3, 0.4) is 0 Å². The van der Waals surface area contributed by atoms with E-state index in [0.29, 0.717) is 29.7 Å². The molecule has 1 aliphatic rings. The number of nitrogens with two attached hydrogens (primary N) is 1. The summed E-state index contributed by atoms with van der Waals surface area (Å²) < 4.78 is 11.0. The van der Waals surface area contributed by atoms with Gasteiger partial charge in [-0.2, -0.15) is 0 Å². The van der Waals surface area contributed by atoms with Gasteiger partial charge in [-0.1, -0.05) is 0 Å². The van der Waals surface area contributed by atoms with Gasteiger partial charge in [0.05, 0.1) is 7.11 Å². The fraction of sp³-hybridized carbons (Fsp3) is 0.500. The minimum Gasteiger partial charge on any atom is -0.493 e. The largest absolute Gasteiger partial charge is 0.493 e. The van der Waals surface area contributed by atoms with Gasteiger partial charge in [0.15, 0.2) is 11.5 Å². The Hall–Kier alpha value is -1.75. The molecule has 0 aliphatic carbocycles. The third-order valence-corrected chi connectivity index (χ3v) is 3.55. The number of ether oxygens (including phenoxy) is 2. The number of amides is 1. The van der Waals surface area contributed by atoms with Crippen molar-refractivity contribution < 1.29 is 14.3 Å². The number of benzene rings is 1. The summed E-state index contributed by atoms with van der Waals surface area (Å²) in [5.41, 5.74) is 5.70. The Morgan fingerprint density at radius 1 is 1.47 bits per heavy atom. The molecule has 5 nitrogen and oxygen atoms in total. The smallest absolute Gasteiger partial charge is 0.248 e. The molecule has 2 N–H and O–H groups in total. The summed E-state index contributed by atoms with van der Waals surface area (Å²) in [4.78, 5) is 13.5. The van der Waals surface area contributed by atoms with Crippen LogP contribution in [0.2, 0.25) is 0 Å². The van der Waals surface area contributed by atoms with Crippen molar-refractivity contribution in [1.82, 2.24) is 4.90 Å². The molecule has 1 amide bonds. The molecule has 1 aliphatic heterocycles.